The molecule has 4 heteroatoms. The van der Waals surface area contributed by atoms with Crippen LogP contribution >= 0.6 is 0 Å². The molecule has 5 aliphatic rings. The largest absolute Gasteiger partial charge is 0.462 e. The Hall–Kier alpha value is -1.32. The Morgan fingerprint density at radius 1 is 1.00 bits per heavy atom. The van der Waals surface area contributed by atoms with E-state index in [0.717, 1.165) is 24.2 Å². The lowest BCUT2D eigenvalue weighted by Gasteiger charge is -2.63. The molecule has 3 unspecified atom stereocenters. The summed E-state index contributed by atoms with van der Waals surface area (Å²) in [4.78, 5) is 25.2. The summed E-state index contributed by atoms with van der Waals surface area (Å²) >= 11 is 0. The van der Waals surface area contributed by atoms with Crippen LogP contribution in [0.25, 0.3) is 0 Å². The lowest BCUT2D eigenvalue weighted by atomic mass is 9.46. The molecular formula is C27H42O4. The zero-order chi connectivity index (χ0) is 22.2. The molecule has 0 aromatic rings. The van der Waals surface area contributed by atoms with Crippen molar-refractivity contribution in [3.05, 3.63) is 12.2 Å². The van der Waals surface area contributed by atoms with Gasteiger partial charge in [0.2, 0.25) is 0 Å². The molecule has 0 amide bonds. The lowest BCUT2D eigenvalue weighted by Crippen LogP contribution is -2.64. The van der Waals surface area contributed by atoms with Crippen LogP contribution in [0.4, 0.5) is 0 Å². The van der Waals surface area contributed by atoms with Gasteiger partial charge in [0.25, 0.3) is 0 Å². The standard InChI is InChI=1S/C27H42O4/c1-5-21(9-10-30-25(28)17(2)3)26(29)31-27(22-8-6-7-18(4)11-22)23-13-19-12-20(15-23)16-24(27)14-19/h18-24H,2,5-16H2,1,3-4H3. The molecule has 0 aromatic heterocycles. The predicted octanol–water partition coefficient (Wildman–Crippen LogP) is 6.09. The molecule has 0 radical (unpaired) electrons. The second-order valence-electron chi connectivity index (χ2n) is 11.4. The topological polar surface area (TPSA) is 52.6 Å². The maximum absolute atomic E-state index is 13.5. The van der Waals surface area contributed by atoms with E-state index in [1.54, 1.807) is 6.92 Å². The van der Waals surface area contributed by atoms with Crippen LogP contribution in [-0.4, -0.2) is 24.1 Å². The van der Waals surface area contributed by atoms with E-state index in [9.17, 15) is 9.59 Å². The van der Waals surface area contributed by atoms with Gasteiger partial charge in [0.05, 0.1) is 12.5 Å². The molecule has 0 N–H and O–H groups in total. The summed E-state index contributed by atoms with van der Waals surface area (Å²) in [6.07, 6.45) is 12.7. The third-order valence-electron chi connectivity index (χ3n) is 9.14. The highest BCUT2D eigenvalue weighted by molar-refractivity contribution is 5.86. The fourth-order valence-corrected chi connectivity index (χ4v) is 7.84. The van der Waals surface area contributed by atoms with Gasteiger partial charge in [0.1, 0.15) is 5.60 Å². The van der Waals surface area contributed by atoms with Crippen LogP contribution in [0.3, 0.4) is 0 Å². The minimum Gasteiger partial charge on any atom is -0.462 e. The van der Waals surface area contributed by atoms with Crippen molar-refractivity contribution in [3.63, 3.8) is 0 Å². The number of ether oxygens (including phenoxy) is 2. The van der Waals surface area contributed by atoms with E-state index in [2.05, 4.69) is 13.5 Å². The summed E-state index contributed by atoms with van der Waals surface area (Å²) in [6, 6.07) is 0. The van der Waals surface area contributed by atoms with Crippen molar-refractivity contribution in [2.24, 2.45) is 41.4 Å². The third kappa shape index (κ3) is 4.46. The first-order valence-corrected chi connectivity index (χ1v) is 12.9. The quantitative estimate of drug-likeness (QED) is 0.345. The summed E-state index contributed by atoms with van der Waals surface area (Å²) in [5.41, 5.74) is 0.163. The van der Waals surface area contributed by atoms with E-state index in [1.165, 1.54) is 57.8 Å². The summed E-state index contributed by atoms with van der Waals surface area (Å²) in [6.45, 7) is 9.95. The number of hydrogen-bond acceptors (Lipinski definition) is 4. The average Bonchev–Trinajstić information content (AvgIpc) is 2.73. The molecule has 4 nitrogen and oxygen atoms in total. The second-order valence-corrected chi connectivity index (χ2v) is 11.4. The van der Waals surface area contributed by atoms with E-state index >= 15 is 0 Å². The maximum Gasteiger partial charge on any atom is 0.333 e. The molecule has 31 heavy (non-hydrogen) atoms. The molecule has 0 aromatic carbocycles. The van der Waals surface area contributed by atoms with Crippen molar-refractivity contribution in [2.75, 3.05) is 6.61 Å². The predicted molar refractivity (Wildman–Crippen MR) is 121 cm³/mol. The van der Waals surface area contributed by atoms with Gasteiger partial charge in [-0.1, -0.05) is 33.3 Å². The van der Waals surface area contributed by atoms with E-state index in [0.29, 0.717) is 29.7 Å². The Morgan fingerprint density at radius 3 is 2.19 bits per heavy atom. The van der Waals surface area contributed by atoms with Crippen LogP contribution in [0.15, 0.2) is 12.2 Å². The van der Waals surface area contributed by atoms with Gasteiger partial charge >= 0.3 is 11.9 Å². The van der Waals surface area contributed by atoms with E-state index in [4.69, 9.17) is 9.47 Å². The van der Waals surface area contributed by atoms with Crippen molar-refractivity contribution < 1.29 is 19.1 Å². The van der Waals surface area contributed by atoms with Crippen LogP contribution in [0.2, 0.25) is 0 Å². The fraction of sp³-hybridized carbons (Fsp3) is 0.852. The van der Waals surface area contributed by atoms with Crippen LogP contribution in [0.5, 0.6) is 0 Å². The van der Waals surface area contributed by atoms with Crippen molar-refractivity contribution in [1.82, 2.24) is 0 Å². The van der Waals surface area contributed by atoms with Crippen molar-refractivity contribution in [3.8, 4) is 0 Å². The number of rotatable bonds is 8. The number of carbonyl (C=O) groups excluding carboxylic acids is 2. The van der Waals surface area contributed by atoms with Crippen LogP contribution in [0.1, 0.15) is 91.4 Å². The normalized spacial score (nSPS) is 39.7. The van der Waals surface area contributed by atoms with Crippen molar-refractivity contribution in [2.45, 2.75) is 97.0 Å². The molecule has 5 fully saturated rings. The first-order valence-electron chi connectivity index (χ1n) is 12.9. The fourth-order valence-electron chi connectivity index (χ4n) is 7.84. The number of carbonyl (C=O) groups is 2. The molecular weight excluding hydrogens is 388 g/mol. The zero-order valence-electron chi connectivity index (χ0n) is 19.9. The van der Waals surface area contributed by atoms with Gasteiger partial charge in [-0.2, -0.15) is 0 Å². The Balaban J connectivity index is 1.50. The first-order chi connectivity index (χ1) is 14.8. The van der Waals surface area contributed by atoms with Crippen LogP contribution in [-0.2, 0) is 19.1 Å². The summed E-state index contributed by atoms with van der Waals surface area (Å²) in [5, 5.41) is 0. The maximum atomic E-state index is 13.5. The number of esters is 2. The minimum atomic E-state index is -0.378. The van der Waals surface area contributed by atoms with E-state index in [1.807, 2.05) is 6.92 Å². The van der Waals surface area contributed by atoms with Crippen LogP contribution in [0, 0.1) is 41.4 Å². The van der Waals surface area contributed by atoms with Crippen molar-refractivity contribution in [1.29, 1.82) is 0 Å². The van der Waals surface area contributed by atoms with Crippen LogP contribution < -0.4 is 0 Å². The van der Waals surface area contributed by atoms with Gasteiger partial charge in [0.15, 0.2) is 0 Å². The summed E-state index contributed by atoms with van der Waals surface area (Å²) in [5.74, 6) is 3.47. The average molecular weight is 431 g/mol. The summed E-state index contributed by atoms with van der Waals surface area (Å²) < 4.78 is 12.0. The molecule has 0 spiro atoms. The molecule has 5 aliphatic carbocycles. The van der Waals surface area contributed by atoms with Gasteiger partial charge < -0.3 is 9.47 Å². The van der Waals surface area contributed by atoms with Gasteiger partial charge in [-0.25, -0.2) is 4.79 Å². The third-order valence-corrected chi connectivity index (χ3v) is 9.14. The molecule has 5 rings (SSSR count). The molecule has 0 saturated heterocycles. The Kier molecular flexibility index (Phi) is 6.84. The Labute approximate surface area is 188 Å². The highest BCUT2D eigenvalue weighted by Gasteiger charge is 2.62. The van der Waals surface area contributed by atoms with E-state index in [-0.39, 0.29) is 30.1 Å². The summed E-state index contributed by atoms with van der Waals surface area (Å²) in [7, 11) is 0. The smallest absolute Gasteiger partial charge is 0.333 e. The highest BCUT2D eigenvalue weighted by atomic mass is 16.6. The monoisotopic (exact) mass is 430 g/mol. The van der Waals surface area contributed by atoms with Gasteiger partial charge in [0, 0.05) is 5.57 Å². The van der Waals surface area contributed by atoms with Gasteiger partial charge in [-0.15, -0.1) is 0 Å². The molecule has 0 aliphatic heterocycles. The molecule has 4 bridgehead atoms. The molecule has 5 saturated carbocycles. The highest BCUT2D eigenvalue weighted by Crippen LogP contribution is 2.63. The lowest BCUT2D eigenvalue weighted by molar-refractivity contribution is -0.237. The van der Waals surface area contributed by atoms with Gasteiger partial charge in [-0.3, -0.25) is 4.79 Å². The Morgan fingerprint density at radius 2 is 1.65 bits per heavy atom. The SMILES string of the molecule is C=C(C)C(=O)OCCC(CC)C(=O)OC1(C2CCCC(C)C2)C2CC3CC(C2)CC1C3. The Bertz CT molecular complexity index is 667. The molecule has 0 heterocycles. The zero-order valence-corrected chi connectivity index (χ0v) is 19.9. The van der Waals surface area contributed by atoms with Crippen molar-refractivity contribution >= 4 is 11.9 Å². The minimum absolute atomic E-state index is 0.0421. The second kappa shape index (κ2) is 9.27. The van der Waals surface area contributed by atoms with E-state index < -0.39 is 0 Å². The molecule has 174 valence electrons. The number of hydrogen-bond donors (Lipinski definition) is 0. The first kappa shape index (κ1) is 22.9. The van der Waals surface area contributed by atoms with Gasteiger partial charge in [-0.05, 0) is 100 Å². The molecule has 3 atom stereocenters.